The molecule has 0 amide bonds. The van der Waals surface area contributed by atoms with Crippen molar-refractivity contribution in [2.24, 2.45) is 0 Å². The second-order valence-electron chi connectivity index (χ2n) is 5.87. The van der Waals surface area contributed by atoms with Gasteiger partial charge in [-0.1, -0.05) is 28.1 Å². The van der Waals surface area contributed by atoms with E-state index in [-0.39, 0.29) is 25.3 Å². The highest BCUT2D eigenvalue weighted by molar-refractivity contribution is 9.10. The van der Waals surface area contributed by atoms with Gasteiger partial charge < -0.3 is 19.5 Å². The van der Waals surface area contributed by atoms with Crippen LogP contribution in [-0.2, 0) is 9.53 Å². The molecular formula is C18H12BrNO4. The zero-order chi connectivity index (χ0) is 16.3. The number of carbonyl (C=O) groups excluding carboxylic acids is 1. The number of fused-ring (bicyclic) bond motifs is 2. The van der Waals surface area contributed by atoms with Crippen LogP contribution in [0.25, 0.3) is 0 Å². The van der Waals surface area contributed by atoms with Gasteiger partial charge in [-0.25, -0.2) is 4.79 Å². The average Bonchev–Trinajstić information content (AvgIpc) is 3.18. The molecular weight excluding hydrogens is 374 g/mol. The summed E-state index contributed by atoms with van der Waals surface area (Å²) < 4.78 is 17.2. The third-order valence-electron chi connectivity index (χ3n) is 4.53. The van der Waals surface area contributed by atoms with Gasteiger partial charge in [0.1, 0.15) is 6.61 Å². The normalized spacial score (nSPS) is 20.4. The molecule has 3 heterocycles. The number of halogens is 1. The van der Waals surface area contributed by atoms with E-state index in [9.17, 15) is 4.79 Å². The van der Waals surface area contributed by atoms with Gasteiger partial charge in [-0.3, -0.25) is 0 Å². The van der Waals surface area contributed by atoms with Gasteiger partial charge in [-0.05, 0) is 29.3 Å². The van der Waals surface area contributed by atoms with Crippen LogP contribution in [-0.4, -0.2) is 19.4 Å². The highest BCUT2D eigenvalue weighted by Crippen LogP contribution is 2.48. The molecule has 2 aromatic carbocycles. The summed E-state index contributed by atoms with van der Waals surface area (Å²) in [6.45, 7) is 0.492. The quantitative estimate of drug-likeness (QED) is 0.760. The zero-order valence-corrected chi connectivity index (χ0v) is 14.1. The molecule has 1 N–H and O–H groups in total. The van der Waals surface area contributed by atoms with Crippen LogP contribution in [0.2, 0.25) is 0 Å². The van der Waals surface area contributed by atoms with Crippen molar-refractivity contribution in [3.05, 3.63) is 63.3 Å². The maximum Gasteiger partial charge on any atom is 0.337 e. The molecule has 3 aliphatic rings. The number of esters is 1. The Labute approximate surface area is 146 Å². The number of benzene rings is 2. The van der Waals surface area contributed by atoms with Gasteiger partial charge in [0, 0.05) is 22.1 Å². The van der Waals surface area contributed by atoms with Crippen molar-refractivity contribution >= 4 is 27.6 Å². The fourth-order valence-corrected chi connectivity index (χ4v) is 3.70. The Kier molecular flexibility index (Phi) is 2.91. The highest BCUT2D eigenvalue weighted by Gasteiger charge is 2.39. The first-order valence-corrected chi connectivity index (χ1v) is 8.36. The molecule has 0 radical (unpaired) electrons. The molecule has 6 heteroatoms. The lowest BCUT2D eigenvalue weighted by Crippen LogP contribution is -2.19. The predicted octanol–water partition coefficient (Wildman–Crippen LogP) is 3.55. The van der Waals surface area contributed by atoms with E-state index in [4.69, 9.17) is 14.2 Å². The first-order chi connectivity index (χ1) is 11.7. The van der Waals surface area contributed by atoms with Crippen molar-refractivity contribution in [3.8, 4) is 11.5 Å². The molecule has 5 rings (SSSR count). The molecule has 0 saturated heterocycles. The first kappa shape index (κ1) is 13.9. The molecule has 2 aromatic rings. The first-order valence-electron chi connectivity index (χ1n) is 7.57. The topological polar surface area (TPSA) is 56.8 Å². The number of ether oxygens (including phenoxy) is 3. The van der Waals surface area contributed by atoms with E-state index >= 15 is 0 Å². The SMILES string of the molecule is O=C1OCC2=C1C(c1ccc(Br)cc1)c1cc3c(cc1N2)OCO3. The van der Waals surface area contributed by atoms with E-state index in [1.54, 1.807) is 0 Å². The molecule has 120 valence electrons. The number of anilines is 1. The molecule has 0 bridgehead atoms. The summed E-state index contributed by atoms with van der Waals surface area (Å²) in [6.07, 6.45) is 0. The smallest absolute Gasteiger partial charge is 0.337 e. The second-order valence-corrected chi connectivity index (χ2v) is 6.79. The third kappa shape index (κ3) is 1.96. The molecule has 5 nitrogen and oxygen atoms in total. The number of hydrogen-bond donors (Lipinski definition) is 1. The van der Waals surface area contributed by atoms with Gasteiger partial charge in [0.25, 0.3) is 0 Å². The van der Waals surface area contributed by atoms with Crippen molar-refractivity contribution in [3.63, 3.8) is 0 Å². The van der Waals surface area contributed by atoms with Crippen molar-refractivity contribution in [1.82, 2.24) is 0 Å². The minimum Gasteiger partial charge on any atom is -0.456 e. The molecule has 24 heavy (non-hydrogen) atoms. The van der Waals surface area contributed by atoms with Gasteiger partial charge in [0.05, 0.1) is 11.3 Å². The summed E-state index contributed by atoms with van der Waals surface area (Å²) in [5.74, 6) is 0.959. The van der Waals surface area contributed by atoms with Crippen LogP contribution in [0.1, 0.15) is 17.0 Å². The minimum atomic E-state index is -0.270. The number of rotatable bonds is 1. The lowest BCUT2D eigenvalue weighted by molar-refractivity contribution is -0.136. The Bertz CT molecular complexity index is 904. The minimum absolute atomic E-state index is 0.186. The van der Waals surface area contributed by atoms with E-state index in [0.29, 0.717) is 17.1 Å². The van der Waals surface area contributed by atoms with Crippen LogP contribution in [0.3, 0.4) is 0 Å². The predicted molar refractivity (Wildman–Crippen MR) is 90.2 cm³/mol. The lowest BCUT2D eigenvalue weighted by atomic mass is 9.81. The summed E-state index contributed by atoms with van der Waals surface area (Å²) in [6, 6.07) is 11.9. The van der Waals surface area contributed by atoms with Crippen molar-refractivity contribution < 1.29 is 19.0 Å². The van der Waals surface area contributed by atoms with Crippen molar-refractivity contribution in [2.75, 3.05) is 18.7 Å². The molecule has 0 spiro atoms. The summed E-state index contributed by atoms with van der Waals surface area (Å²) in [4.78, 5) is 12.3. The fourth-order valence-electron chi connectivity index (χ4n) is 3.44. The van der Waals surface area contributed by atoms with Crippen LogP contribution in [0.5, 0.6) is 11.5 Å². The van der Waals surface area contributed by atoms with Gasteiger partial charge in [0.2, 0.25) is 6.79 Å². The standard InChI is InChI=1S/C18H12BrNO4/c19-10-3-1-9(2-4-10)16-11-5-14-15(24-8-23-14)6-12(11)20-13-7-22-18(21)17(13)16/h1-6,16,20H,7-8H2. The van der Waals surface area contributed by atoms with E-state index < -0.39 is 0 Å². The number of hydrogen-bond acceptors (Lipinski definition) is 5. The Morgan fingerprint density at radius 1 is 1.04 bits per heavy atom. The zero-order valence-electron chi connectivity index (χ0n) is 12.5. The third-order valence-corrected chi connectivity index (χ3v) is 5.05. The van der Waals surface area contributed by atoms with Gasteiger partial charge >= 0.3 is 5.97 Å². The van der Waals surface area contributed by atoms with Crippen molar-refractivity contribution in [1.29, 1.82) is 0 Å². The van der Waals surface area contributed by atoms with Crippen LogP contribution in [0, 0.1) is 0 Å². The largest absolute Gasteiger partial charge is 0.456 e. The Balaban J connectivity index is 1.73. The molecule has 0 aliphatic carbocycles. The Morgan fingerprint density at radius 3 is 2.58 bits per heavy atom. The summed E-state index contributed by atoms with van der Waals surface area (Å²) in [5, 5.41) is 3.32. The van der Waals surface area contributed by atoms with Crippen LogP contribution in [0.15, 0.2) is 52.1 Å². The maximum atomic E-state index is 12.3. The van der Waals surface area contributed by atoms with Gasteiger partial charge in [-0.2, -0.15) is 0 Å². The van der Waals surface area contributed by atoms with Crippen LogP contribution in [0.4, 0.5) is 5.69 Å². The van der Waals surface area contributed by atoms with E-state index in [0.717, 1.165) is 27.0 Å². The number of nitrogens with one attached hydrogen (secondary N) is 1. The summed E-state index contributed by atoms with van der Waals surface area (Å²) >= 11 is 3.46. The Hall–Kier alpha value is -2.47. The van der Waals surface area contributed by atoms with Crippen LogP contribution < -0.4 is 14.8 Å². The van der Waals surface area contributed by atoms with Crippen LogP contribution >= 0.6 is 15.9 Å². The number of carbonyl (C=O) groups is 1. The fraction of sp³-hybridized carbons (Fsp3) is 0.167. The van der Waals surface area contributed by atoms with E-state index in [1.807, 2.05) is 36.4 Å². The second kappa shape index (κ2) is 5.01. The monoisotopic (exact) mass is 385 g/mol. The highest BCUT2D eigenvalue weighted by atomic mass is 79.9. The molecule has 3 aliphatic heterocycles. The Morgan fingerprint density at radius 2 is 1.79 bits per heavy atom. The lowest BCUT2D eigenvalue weighted by Gasteiger charge is -2.27. The summed E-state index contributed by atoms with van der Waals surface area (Å²) in [7, 11) is 0. The average molecular weight is 386 g/mol. The van der Waals surface area contributed by atoms with E-state index in [1.165, 1.54) is 0 Å². The summed E-state index contributed by atoms with van der Waals surface area (Å²) in [5.41, 5.74) is 4.43. The molecule has 0 fully saturated rings. The van der Waals surface area contributed by atoms with Crippen molar-refractivity contribution in [2.45, 2.75) is 5.92 Å². The number of cyclic esters (lactones) is 1. The van der Waals surface area contributed by atoms with Gasteiger partial charge in [0.15, 0.2) is 11.5 Å². The van der Waals surface area contributed by atoms with Gasteiger partial charge in [-0.15, -0.1) is 0 Å². The maximum absolute atomic E-state index is 12.3. The molecule has 1 atom stereocenters. The molecule has 0 saturated carbocycles. The molecule has 1 unspecified atom stereocenters. The molecule has 0 aromatic heterocycles. The van der Waals surface area contributed by atoms with E-state index in [2.05, 4.69) is 21.2 Å².